The van der Waals surface area contributed by atoms with Crippen LogP contribution in [0, 0.1) is 6.92 Å². The highest BCUT2D eigenvalue weighted by molar-refractivity contribution is 6.16. The first-order valence-corrected chi connectivity index (χ1v) is 6.23. The number of aryl methyl sites for hydroxylation is 1. The highest BCUT2D eigenvalue weighted by Gasteiger charge is 2.24. The van der Waals surface area contributed by atoms with E-state index >= 15 is 0 Å². The fourth-order valence-corrected chi connectivity index (χ4v) is 2.43. The molecule has 2 aromatic heterocycles. The van der Waals surface area contributed by atoms with Crippen LogP contribution in [0.25, 0.3) is 11.2 Å². The maximum atomic E-state index is 5.96. The Kier molecular flexibility index (Phi) is 2.36. The van der Waals surface area contributed by atoms with Gasteiger partial charge in [0.2, 0.25) is 0 Å². The van der Waals surface area contributed by atoms with Crippen molar-refractivity contribution in [2.45, 2.75) is 38.1 Å². The van der Waals surface area contributed by atoms with Crippen molar-refractivity contribution in [1.29, 1.82) is 0 Å². The largest absolute Gasteiger partial charge is 0.309 e. The normalized spacial score (nSPS) is 16.6. The van der Waals surface area contributed by atoms with Gasteiger partial charge in [-0.2, -0.15) is 0 Å². The van der Waals surface area contributed by atoms with Crippen molar-refractivity contribution in [1.82, 2.24) is 14.5 Å². The molecule has 84 valence electrons. The maximum absolute atomic E-state index is 5.96. The van der Waals surface area contributed by atoms with Crippen molar-refractivity contribution >= 4 is 22.8 Å². The summed E-state index contributed by atoms with van der Waals surface area (Å²) in [4.78, 5) is 9.13. The Morgan fingerprint density at radius 3 is 2.81 bits per heavy atom. The molecule has 16 heavy (non-hydrogen) atoms. The maximum Gasteiger partial charge on any atom is 0.160 e. The summed E-state index contributed by atoms with van der Waals surface area (Å²) in [6.45, 7) is 2.01. The van der Waals surface area contributed by atoms with Gasteiger partial charge in [0.25, 0.3) is 0 Å². The lowest BCUT2D eigenvalue weighted by Gasteiger charge is -2.28. The van der Waals surface area contributed by atoms with Crippen LogP contribution in [0.5, 0.6) is 0 Å². The summed E-state index contributed by atoms with van der Waals surface area (Å²) in [5.41, 5.74) is 3.00. The first kappa shape index (κ1) is 10.1. The number of hydrogen-bond donors (Lipinski definition) is 0. The molecule has 0 aromatic carbocycles. The number of aromatic nitrogens is 3. The summed E-state index contributed by atoms with van der Waals surface area (Å²) in [6.07, 6.45) is 3.76. The zero-order chi connectivity index (χ0) is 11.1. The average molecular weight is 236 g/mol. The van der Waals surface area contributed by atoms with Crippen molar-refractivity contribution in [3.63, 3.8) is 0 Å². The van der Waals surface area contributed by atoms with Gasteiger partial charge in [-0.15, -0.1) is 11.6 Å². The summed E-state index contributed by atoms with van der Waals surface area (Å²) >= 11 is 5.96. The van der Waals surface area contributed by atoms with Gasteiger partial charge in [-0.1, -0.05) is 0 Å². The van der Waals surface area contributed by atoms with Gasteiger partial charge in [-0.05, 0) is 38.3 Å². The Labute approximate surface area is 99.5 Å². The molecular weight excluding hydrogens is 222 g/mol. The van der Waals surface area contributed by atoms with Crippen LogP contribution >= 0.6 is 11.6 Å². The fraction of sp³-hybridized carbons (Fsp3) is 0.500. The molecule has 0 saturated heterocycles. The van der Waals surface area contributed by atoms with Crippen molar-refractivity contribution < 1.29 is 0 Å². The SMILES string of the molecule is Cc1ccc2nc(CCl)n(C3CCC3)c2n1. The fourth-order valence-electron chi connectivity index (χ4n) is 2.24. The first-order valence-electron chi connectivity index (χ1n) is 5.70. The van der Waals surface area contributed by atoms with Crippen molar-refractivity contribution in [2.75, 3.05) is 0 Å². The second-order valence-corrected chi connectivity index (χ2v) is 4.68. The number of alkyl halides is 1. The lowest BCUT2D eigenvalue weighted by molar-refractivity contribution is 0.314. The summed E-state index contributed by atoms with van der Waals surface area (Å²) in [5.74, 6) is 1.42. The summed E-state index contributed by atoms with van der Waals surface area (Å²) in [5, 5.41) is 0. The molecule has 1 aliphatic rings. The van der Waals surface area contributed by atoms with E-state index in [1.165, 1.54) is 19.3 Å². The lowest BCUT2D eigenvalue weighted by atomic mass is 9.93. The molecule has 1 fully saturated rings. The first-order chi connectivity index (χ1) is 7.79. The topological polar surface area (TPSA) is 30.7 Å². The minimum atomic E-state index is 0.464. The molecule has 0 atom stereocenters. The van der Waals surface area contributed by atoms with Gasteiger partial charge in [-0.25, -0.2) is 9.97 Å². The monoisotopic (exact) mass is 235 g/mol. The predicted octanol–water partition coefficient (Wildman–Crippen LogP) is 3.20. The zero-order valence-electron chi connectivity index (χ0n) is 9.28. The van der Waals surface area contributed by atoms with Gasteiger partial charge >= 0.3 is 0 Å². The van der Waals surface area contributed by atoms with Crippen molar-refractivity contribution in [3.8, 4) is 0 Å². The molecule has 1 aliphatic carbocycles. The Hall–Kier alpha value is -1.09. The molecule has 4 heteroatoms. The van der Waals surface area contributed by atoms with Crippen LogP contribution in [0.4, 0.5) is 0 Å². The second kappa shape index (κ2) is 3.74. The van der Waals surface area contributed by atoms with E-state index in [2.05, 4.69) is 14.5 Å². The molecule has 0 aliphatic heterocycles. The van der Waals surface area contributed by atoms with E-state index in [4.69, 9.17) is 11.6 Å². The van der Waals surface area contributed by atoms with Gasteiger partial charge in [0.1, 0.15) is 11.3 Å². The highest BCUT2D eigenvalue weighted by atomic mass is 35.5. The van der Waals surface area contributed by atoms with Crippen molar-refractivity contribution in [2.24, 2.45) is 0 Å². The number of nitrogens with zero attached hydrogens (tertiary/aromatic N) is 3. The quantitative estimate of drug-likeness (QED) is 0.749. The third-order valence-corrected chi connectivity index (χ3v) is 3.55. The van der Waals surface area contributed by atoms with E-state index in [1.807, 2.05) is 19.1 Å². The molecule has 0 N–H and O–H groups in total. The standard InChI is InChI=1S/C12H14ClN3/c1-8-5-6-10-12(14-8)16(9-3-2-4-9)11(7-13)15-10/h5-6,9H,2-4,7H2,1H3. The van der Waals surface area contributed by atoms with Gasteiger partial charge in [0, 0.05) is 11.7 Å². The molecule has 2 aromatic rings. The molecule has 0 radical (unpaired) electrons. The number of halogens is 1. The Morgan fingerprint density at radius 1 is 1.38 bits per heavy atom. The molecular formula is C12H14ClN3. The summed E-state index contributed by atoms with van der Waals surface area (Å²) < 4.78 is 2.23. The minimum Gasteiger partial charge on any atom is -0.309 e. The Bertz CT molecular complexity index is 528. The van der Waals surface area contributed by atoms with Gasteiger partial charge < -0.3 is 4.57 Å². The van der Waals surface area contributed by atoms with Crippen LogP contribution in [0.2, 0.25) is 0 Å². The van der Waals surface area contributed by atoms with Gasteiger partial charge in [-0.3, -0.25) is 0 Å². The number of fused-ring (bicyclic) bond motifs is 1. The Morgan fingerprint density at radius 2 is 2.19 bits per heavy atom. The molecule has 0 bridgehead atoms. The van der Waals surface area contributed by atoms with E-state index in [-0.39, 0.29) is 0 Å². The Balaban J connectivity index is 2.23. The third-order valence-electron chi connectivity index (χ3n) is 3.31. The average Bonchev–Trinajstić information content (AvgIpc) is 2.55. The number of pyridine rings is 1. The zero-order valence-corrected chi connectivity index (χ0v) is 10.0. The van der Waals surface area contributed by atoms with E-state index in [0.29, 0.717) is 11.9 Å². The third kappa shape index (κ3) is 1.42. The van der Waals surface area contributed by atoms with E-state index in [0.717, 1.165) is 22.7 Å². The van der Waals surface area contributed by atoms with Gasteiger partial charge in [0.15, 0.2) is 5.65 Å². The molecule has 3 rings (SSSR count). The van der Waals surface area contributed by atoms with E-state index in [9.17, 15) is 0 Å². The van der Waals surface area contributed by atoms with Crippen LogP contribution in [-0.4, -0.2) is 14.5 Å². The molecule has 0 unspecified atom stereocenters. The van der Waals surface area contributed by atoms with Gasteiger partial charge in [0.05, 0.1) is 5.88 Å². The number of imidazole rings is 1. The molecule has 0 amide bonds. The smallest absolute Gasteiger partial charge is 0.160 e. The highest BCUT2D eigenvalue weighted by Crippen LogP contribution is 2.35. The predicted molar refractivity (Wildman–Crippen MR) is 64.7 cm³/mol. The summed E-state index contributed by atoms with van der Waals surface area (Å²) in [6, 6.07) is 4.59. The van der Waals surface area contributed by atoms with Crippen LogP contribution < -0.4 is 0 Å². The molecule has 3 nitrogen and oxygen atoms in total. The van der Waals surface area contributed by atoms with Crippen molar-refractivity contribution in [3.05, 3.63) is 23.7 Å². The molecule has 2 heterocycles. The minimum absolute atomic E-state index is 0.464. The second-order valence-electron chi connectivity index (χ2n) is 4.41. The number of rotatable bonds is 2. The summed E-state index contributed by atoms with van der Waals surface area (Å²) in [7, 11) is 0. The lowest BCUT2D eigenvalue weighted by Crippen LogP contribution is -2.19. The molecule has 1 saturated carbocycles. The number of hydrogen-bond acceptors (Lipinski definition) is 2. The van der Waals surface area contributed by atoms with E-state index in [1.54, 1.807) is 0 Å². The molecule has 0 spiro atoms. The van der Waals surface area contributed by atoms with Crippen LogP contribution in [0.3, 0.4) is 0 Å². The van der Waals surface area contributed by atoms with E-state index < -0.39 is 0 Å². The van der Waals surface area contributed by atoms with Crippen LogP contribution in [0.15, 0.2) is 12.1 Å². The van der Waals surface area contributed by atoms with Crippen LogP contribution in [-0.2, 0) is 5.88 Å². The van der Waals surface area contributed by atoms with Crippen LogP contribution in [0.1, 0.15) is 36.8 Å².